The molecule has 36 heavy (non-hydrogen) atoms. The number of carboxylic acids is 1. The Morgan fingerprint density at radius 3 is 2.39 bits per heavy atom. The Hall–Kier alpha value is -3.79. The lowest BCUT2D eigenvalue weighted by molar-refractivity contribution is -0.138. The Morgan fingerprint density at radius 1 is 1.14 bits per heavy atom. The average molecular weight is 498 g/mol. The highest BCUT2D eigenvalue weighted by Gasteiger charge is 2.37. The van der Waals surface area contributed by atoms with Crippen molar-refractivity contribution >= 4 is 23.6 Å². The zero-order chi connectivity index (χ0) is 26.2. The monoisotopic (exact) mass is 497 g/mol. The lowest BCUT2D eigenvalue weighted by Crippen LogP contribution is -2.51. The van der Waals surface area contributed by atoms with E-state index in [1.807, 2.05) is 4.90 Å². The number of halogens is 1. The lowest BCUT2D eigenvalue weighted by atomic mass is 9.96. The second-order valence-corrected chi connectivity index (χ2v) is 9.15. The third-order valence-electron chi connectivity index (χ3n) is 6.33. The molecule has 0 aromatic heterocycles. The molecule has 1 unspecified atom stereocenters. The maximum Gasteiger partial charge on any atom is 0.304 e. The summed E-state index contributed by atoms with van der Waals surface area (Å²) < 4.78 is 13.2. The molecule has 3 rings (SSSR count). The van der Waals surface area contributed by atoms with Crippen LogP contribution in [0.25, 0.3) is 0 Å². The van der Waals surface area contributed by atoms with E-state index in [9.17, 15) is 18.8 Å². The minimum absolute atomic E-state index is 0.0360. The number of nitrogens with zero attached hydrogens (tertiary/aromatic N) is 1. The van der Waals surface area contributed by atoms with E-state index in [0.29, 0.717) is 24.9 Å². The number of carbonyl (C=O) groups is 3. The zero-order valence-electron chi connectivity index (χ0n) is 20.2. The summed E-state index contributed by atoms with van der Waals surface area (Å²) in [6.07, 6.45) is 1.07. The average Bonchev–Trinajstić information content (AvgIpc) is 3.25. The number of amides is 2. The number of carboxylic acid groups (broad SMARTS) is 1. The predicted molar refractivity (Wildman–Crippen MR) is 133 cm³/mol. The number of carbonyl (C=O) groups excluding carboxylic acids is 2. The fourth-order valence-corrected chi connectivity index (χ4v) is 4.38. The van der Waals surface area contributed by atoms with Crippen molar-refractivity contribution < 1.29 is 23.9 Å². The summed E-state index contributed by atoms with van der Waals surface area (Å²) in [6, 6.07) is 11.8. The van der Waals surface area contributed by atoms with Crippen LogP contribution in [0.2, 0.25) is 0 Å². The Kier molecular flexibility index (Phi) is 9.13. The first-order valence-electron chi connectivity index (χ1n) is 11.8. The van der Waals surface area contributed by atoms with Gasteiger partial charge in [-0.25, -0.2) is 4.39 Å². The highest BCUT2D eigenvalue weighted by molar-refractivity contribution is 5.95. The fraction of sp³-hybridized carbons (Fsp3) is 0.385. The summed E-state index contributed by atoms with van der Waals surface area (Å²) in [5, 5.41) is 22.1. The standard InChI is InChI=1S/C26H32FN5O4/c1-16(25(35)30-14-18-2-6-20(7-3-18)24(28)29)31-26(36)22-13-19(15-32(22)11-10-23(33)34)12-17-4-8-21(27)9-5-17/h2-9,16,19,22H,10-15H2,1H3,(H3,28,29)(H,30,35)(H,31,36)(H,33,34)/t16?,19-,22+/m0/s1. The summed E-state index contributed by atoms with van der Waals surface area (Å²) in [6.45, 7) is 2.62. The molecule has 10 heteroatoms. The lowest BCUT2D eigenvalue weighted by Gasteiger charge is -2.24. The number of hydrogen-bond acceptors (Lipinski definition) is 5. The summed E-state index contributed by atoms with van der Waals surface area (Å²) in [4.78, 5) is 38.6. The largest absolute Gasteiger partial charge is 0.481 e. The van der Waals surface area contributed by atoms with E-state index in [1.54, 1.807) is 43.3 Å². The quantitative estimate of drug-likeness (QED) is 0.235. The first kappa shape index (κ1) is 26.8. The van der Waals surface area contributed by atoms with Gasteiger partial charge in [0.1, 0.15) is 17.7 Å². The van der Waals surface area contributed by atoms with Crippen molar-refractivity contribution in [2.45, 2.75) is 44.8 Å². The molecular formula is C26H32FN5O4. The van der Waals surface area contributed by atoms with Crippen molar-refractivity contribution in [1.29, 1.82) is 5.41 Å². The summed E-state index contributed by atoms with van der Waals surface area (Å²) in [5.41, 5.74) is 7.81. The van der Waals surface area contributed by atoms with Gasteiger partial charge in [0.15, 0.2) is 0 Å². The first-order chi connectivity index (χ1) is 17.1. The van der Waals surface area contributed by atoms with Gasteiger partial charge >= 0.3 is 5.97 Å². The van der Waals surface area contributed by atoms with Crippen LogP contribution in [0.1, 0.15) is 36.5 Å². The molecular weight excluding hydrogens is 465 g/mol. The van der Waals surface area contributed by atoms with Gasteiger partial charge in [-0.15, -0.1) is 0 Å². The number of benzene rings is 2. The maximum absolute atomic E-state index is 13.2. The van der Waals surface area contributed by atoms with Crippen molar-refractivity contribution in [2.24, 2.45) is 11.7 Å². The molecule has 0 radical (unpaired) electrons. The third kappa shape index (κ3) is 7.61. The van der Waals surface area contributed by atoms with Gasteiger partial charge in [0, 0.05) is 25.2 Å². The molecule has 0 aliphatic carbocycles. The molecule has 1 aliphatic heterocycles. The Balaban J connectivity index is 1.56. The molecule has 2 amide bonds. The molecule has 1 fully saturated rings. The van der Waals surface area contributed by atoms with Crippen LogP contribution in [-0.2, 0) is 27.3 Å². The molecule has 1 saturated heterocycles. The third-order valence-corrected chi connectivity index (χ3v) is 6.33. The van der Waals surface area contributed by atoms with Gasteiger partial charge in [0.2, 0.25) is 11.8 Å². The predicted octanol–water partition coefficient (Wildman–Crippen LogP) is 1.64. The molecule has 3 atom stereocenters. The van der Waals surface area contributed by atoms with Crippen molar-refractivity contribution in [3.63, 3.8) is 0 Å². The molecule has 2 aromatic carbocycles. The fourth-order valence-electron chi connectivity index (χ4n) is 4.38. The molecule has 0 saturated carbocycles. The van der Waals surface area contributed by atoms with E-state index >= 15 is 0 Å². The van der Waals surface area contributed by atoms with Crippen LogP contribution in [-0.4, -0.2) is 58.8 Å². The molecule has 2 aromatic rings. The zero-order valence-corrected chi connectivity index (χ0v) is 20.2. The van der Waals surface area contributed by atoms with Crippen molar-refractivity contribution in [3.8, 4) is 0 Å². The van der Waals surface area contributed by atoms with Gasteiger partial charge in [0.25, 0.3) is 0 Å². The summed E-state index contributed by atoms with van der Waals surface area (Å²) >= 11 is 0. The highest BCUT2D eigenvalue weighted by Crippen LogP contribution is 2.27. The Bertz CT molecular complexity index is 1090. The van der Waals surface area contributed by atoms with Crippen molar-refractivity contribution in [2.75, 3.05) is 13.1 Å². The van der Waals surface area contributed by atoms with E-state index in [0.717, 1.165) is 11.1 Å². The first-order valence-corrected chi connectivity index (χ1v) is 11.8. The van der Waals surface area contributed by atoms with Crippen LogP contribution in [0, 0.1) is 17.1 Å². The van der Waals surface area contributed by atoms with E-state index in [-0.39, 0.29) is 48.9 Å². The van der Waals surface area contributed by atoms with Gasteiger partial charge in [-0.05, 0) is 48.9 Å². The van der Waals surface area contributed by atoms with E-state index in [1.165, 1.54) is 12.1 Å². The number of nitrogen functional groups attached to an aromatic ring is 1. The maximum atomic E-state index is 13.2. The number of nitrogens with one attached hydrogen (secondary N) is 3. The van der Waals surface area contributed by atoms with E-state index in [4.69, 9.17) is 16.2 Å². The van der Waals surface area contributed by atoms with Crippen molar-refractivity contribution in [1.82, 2.24) is 15.5 Å². The van der Waals surface area contributed by atoms with Crippen LogP contribution in [0.5, 0.6) is 0 Å². The van der Waals surface area contributed by atoms with Gasteiger partial charge in [-0.3, -0.25) is 24.7 Å². The van der Waals surface area contributed by atoms with Crippen LogP contribution in [0.15, 0.2) is 48.5 Å². The summed E-state index contributed by atoms with van der Waals surface area (Å²) in [5.74, 6) is -1.87. The second kappa shape index (κ2) is 12.3. The number of likely N-dealkylation sites (tertiary alicyclic amines) is 1. The van der Waals surface area contributed by atoms with Gasteiger partial charge in [-0.1, -0.05) is 36.4 Å². The minimum Gasteiger partial charge on any atom is -0.481 e. The highest BCUT2D eigenvalue weighted by atomic mass is 19.1. The number of nitrogens with two attached hydrogens (primary N) is 1. The molecule has 1 aliphatic rings. The van der Waals surface area contributed by atoms with E-state index in [2.05, 4.69) is 10.6 Å². The SMILES string of the molecule is CC(NC(=O)[C@H]1C[C@H](Cc2ccc(F)cc2)CN1CCC(=O)O)C(=O)NCc1ccc(C(=N)N)cc1. The van der Waals surface area contributed by atoms with Gasteiger partial charge < -0.3 is 21.5 Å². The molecule has 6 N–H and O–H groups in total. The molecule has 9 nitrogen and oxygen atoms in total. The smallest absolute Gasteiger partial charge is 0.304 e. The number of rotatable bonds is 11. The van der Waals surface area contributed by atoms with Crippen LogP contribution < -0.4 is 16.4 Å². The topological polar surface area (TPSA) is 149 Å². The second-order valence-electron chi connectivity index (χ2n) is 9.15. The van der Waals surface area contributed by atoms with E-state index < -0.39 is 18.1 Å². The molecule has 1 heterocycles. The molecule has 0 bridgehead atoms. The molecule has 0 spiro atoms. The Labute approximate surface area is 209 Å². The number of aliphatic carboxylic acids is 1. The van der Waals surface area contributed by atoms with Crippen LogP contribution in [0.3, 0.4) is 0 Å². The van der Waals surface area contributed by atoms with Gasteiger partial charge in [-0.2, -0.15) is 0 Å². The van der Waals surface area contributed by atoms with Crippen LogP contribution >= 0.6 is 0 Å². The number of amidine groups is 1. The minimum atomic E-state index is -0.944. The van der Waals surface area contributed by atoms with Crippen LogP contribution in [0.4, 0.5) is 4.39 Å². The summed E-state index contributed by atoms with van der Waals surface area (Å²) in [7, 11) is 0. The Morgan fingerprint density at radius 2 is 1.78 bits per heavy atom. The molecule has 192 valence electrons. The normalized spacial score (nSPS) is 18.4. The van der Waals surface area contributed by atoms with Gasteiger partial charge in [0.05, 0.1) is 12.5 Å². The number of hydrogen-bond donors (Lipinski definition) is 5. The van der Waals surface area contributed by atoms with Crippen molar-refractivity contribution in [3.05, 3.63) is 71.0 Å².